The fourth-order valence-corrected chi connectivity index (χ4v) is 3.14. The largest absolute Gasteiger partial charge is 0.493 e. The molecule has 2 aliphatic rings. The molecule has 3 rings (SSSR count). The third kappa shape index (κ3) is 6.43. The molecule has 2 N–H and O–H groups in total. The van der Waals surface area contributed by atoms with Crippen LogP contribution in [0.2, 0.25) is 0 Å². The number of rotatable bonds is 6. The third-order valence-corrected chi connectivity index (χ3v) is 4.72. The van der Waals surface area contributed by atoms with Gasteiger partial charge >= 0.3 is 0 Å². The maximum absolute atomic E-state index is 12.2. The maximum Gasteiger partial charge on any atom is 0.226 e. The number of carbonyl (C=O) groups excluding carboxylic acids is 1. The topological polar surface area (TPSA) is 68.8 Å². The summed E-state index contributed by atoms with van der Waals surface area (Å²) >= 11 is 0. The van der Waals surface area contributed by atoms with Gasteiger partial charge in [0.25, 0.3) is 0 Å². The Morgan fingerprint density at radius 2 is 2.08 bits per heavy atom. The van der Waals surface area contributed by atoms with Crippen LogP contribution in [0.25, 0.3) is 0 Å². The molecule has 1 amide bonds. The molecule has 2 heterocycles. The highest BCUT2D eigenvalue weighted by Crippen LogP contribution is 2.25. The lowest BCUT2D eigenvalue weighted by Crippen LogP contribution is -2.43. The molecule has 2 saturated heterocycles. The fourth-order valence-electron chi connectivity index (χ4n) is 3.14. The Kier molecular flexibility index (Phi) is 8.65. The molecule has 26 heavy (non-hydrogen) atoms. The summed E-state index contributed by atoms with van der Waals surface area (Å²) in [5.74, 6) is 1.37. The average molecular weight is 385 g/mol. The number of nitrogens with one attached hydrogen (secondary N) is 2. The van der Waals surface area contributed by atoms with Crippen molar-refractivity contribution in [2.45, 2.75) is 32.2 Å². The molecule has 6 nitrogen and oxygen atoms in total. The zero-order valence-electron chi connectivity index (χ0n) is 15.3. The molecule has 0 radical (unpaired) electrons. The Morgan fingerprint density at radius 3 is 2.81 bits per heavy atom. The van der Waals surface area contributed by atoms with Crippen LogP contribution in [0.15, 0.2) is 18.2 Å². The molecular formula is C19H29ClN2O4. The number of carbonyl (C=O) groups is 1. The second kappa shape index (κ2) is 10.7. The molecule has 0 bridgehead atoms. The highest BCUT2D eigenvalue weighted by molar-refractivity contribution is 5.91. The quantitative estimate of drug-likeness (QED) is 0.788. The molecule has 2 aliphatic heterocycles. The van der Waals surface area contributed by atoms with Gasteiger partial charge in [-0.1, -0.05) is 6.07 Å². The zero-order chi connectivity index (χ0) is 17.5. The molecule has 1 atom stereocenters. The standard InChI is InChI=1S/C19H28N2O4.ClH/c1-14-2-3-16(21-19(22)11-17-13-24-9-6-20-17)10-18(14)25-12-15-4-7-23-8-5-15;/h2-3,10,15,17,20H,4-9,11-13H2,1H3,(H,21,22);1H. The van der Waals surface area contributed by atoms with E-state index in [9.17, 15) is 4.79 Å². The van der Waals surface area contributed by atoms with Crippen molar-refractivity contribution in [2.75, 3.05) is 44.9 Å². The smallest absolute Gasteiger partial charge is 0.226 e. The first-order valence-electron chi connectivity index (χ1n) is 9.13. The van der Waals surface area contributed by atoms with Crippen LogP contribution < -0.4 is 15.4 Å². The van der Waals surface area contributed by atoms with Crippen molar-refractivity contribution in [3.8, 4) is 5.75 Å². The van der Waals surface area contributed by atoms with Crippen LogP contribution in [-0.2, 0) is 14.3 Å². The number of halogens is 1. The zero-order valence-corrected chi connectivity index (χ0v) is 16.1. The van der Waals surface area contributed by atoms with E-state index in [-0.39, 0.29) is 24.4 Å². The highest BCUT2D eigenvalue weighted by Gasteiger charge is 2.18. The molecule has 7 heteroatoms. The SMILES string of the molecule is Cc1ccc(NC(=O)CC2COCCN2)cc1OCC1CCOCC1.Cl. The molecule has 0 aromatic heterocycles. The lowest BCUT2D eigenvalue weighted by Gasteiger charge is -2.23. The van der Waals surface area contributed by atoms with Gasteiger partial charge in [-0.3, -0.25) is 4.79 Å². The summed E-state index contributed by atoms with van der Waals surface area (Å²) in [7, 11) is 0. The van der Waals surface area contributed by atoms with Crippen LogP contribution >= 0.6 is 12.4 Å². The summed E-state index contributed by atoms with van der Waals surface area (Å²) in [6.07, 6.45) is 2.50. The molecule has 2 fully saturated rings. The minimum atomic E-state index is -0.0118. The number of aryl methyl sites for hydroxylation is 1. The predicted molar refractivity (Wildman–Crippen MR) is 103 cm³/mol. The maximum atomic E-state index is 12.2. The van der Waals surface area contributed by atoms with Crippen molar-refractivity contribution in [1.29, 1.82) is 0 Å². The number of hydrogen-bond acceptors (Lipinski definition) is 5. The molecule has 0 spiro atoms. The van der Waals surface area contributed by atoms with Crippen molar-refractivity contribution >= 4 is 24.0 Å². The molecular weight excluding hydrogens is 356 g/mol. The van der Waals surface area contributed by atoms with E-state index in [0.29, 0.717) is 32.2 Å². The molecule has 1 unspecified atom stereocenters. The molecule has 146 valence electrons. The Bertz CT molecular complexity index is 573. The number of hydrogen-bond donors (Lipinski definition) is 2. The van der Waals surface area contributed by atoms with Crippen molar-refractivity contribution in [2.24, 2.45) is 5.92 Å². The van der Waals surface area contributed by atoms with Crippen LogP contribution in [0, 0.1) is 12.8 Å². The first-order chi connectivity index (χ1) is 12.2. The summed E-state index contributed by atoms with van der Waals surface area (Å²) in [4.78, 5) is 12.2. The van der Waals surface area contributed by atoms with Crippen molar-refractivity contribution in [3.63, 3.8) is 0 Å². The fraction of sp³-hybridized carbons (Fsp3) is 0.632. The van der Waals surface area contributed by atoms with Gasteiger partial charge in [0.1, 0.15) is 5.75 Å². The van der Waals surface area contributed by atoms with Crippen LogP contribution in [0.5, 0.6) is 5.75 Å². The lowest BCUT2D eigenvalue weighted by atomic mass is 10.0. The molecule has 1 aromatic carbocycles. The van der Waals surface area contributed by atoms with Gasteiger partial charge in [-0.25, -0.2) is 0 Å². The van der Waals surface area contributed by atoms with Crippen molar-refractivity contribution < 1.29 is 19.0 Å². The summed E-state index contributed by atoms with van der Waals surface area (Å²) in [6.45, 7) is 6.46. The van der Waals surface area contributed by atoms with E-state index in [1.165, 1.54) is 0 Å². The number of amides is 1. The highest BCUT2D eigenvalue weighted by atomic mass is 35.5. The number of ether oxygens (including phenoxy) is 3. The Morgan fingerprint density at radius 1 is 1.27 bits per heavy atom. The van der Waals surface area contributed by atoms with Crippen molar-refractivity contribution in [3.05, 3.63) is 23.8 Å². The number of morpholine rings is 1. The monoisotopic (exact) mass is 384 g/mol. The Hall–Kier alpha value is -1.34. The van der Waals surface area contributed by atoms with Gasteiger partial charge in [-0.05, 0) is 37.3 Å². The van der Waals surface area contributed by atoms with Gasteiger partial charge in [0.05, 0.1) is 19.8 Å². The molecule has 0 saturated carbocycles. The predicted octanol–water partition coefficient (Wildman–Crippen LogP) is 2.54. The summed E-state index contributed by atoms with van der Waals surface area (Å²) in [6, 6.07) is 5.90. The number of benzene rings is 1. The van der Waals surface area contributed by atoms with E-state index >= 15 is 0 Å². The first kappa shape index (κ1) is 21.0. The summed E-state index contributed by atoms with van der Waals surface area (Å²) < 4.78 is 16.8. The summed E-state index contributed by atoms with van der Waals surface area (Å²) in [5, 5.41) is 6.25. The average Bonchev–Trinajstić information content (AvgIpc) is 2.64. The van der Waals surface area contributed by atoms with Crippen LogP contribution in [0.1, 0.15) is 24.8 Å². The van der Waals surface area contributed by atoms with E-state index in [4.69, 9.17) is 14.2 Å². The van der Waals surface area contributed by atoms with Crippen LogP contribution in [-0.4, -0.2) is 51.5 Å². The van der Waals surface area contributed by atoms with Gasteiger partial charge in [0, 0.05) is 44.0 Å². The molecule has 1 aromatic rings. The first-order valence-corrected chi connectivity index (χ1v) is 9.13. The van der Waals surface area contributed by atoms with Crippen LogP contribution in [0.3, 0.4) is 0 Å². The Balaban J connectivity index is 0.00000243. The van der Waals surface area contributed by atoms with Gasteiger partial charge in [0.15, 0.2) is 0 Å². The molecule has 0 aliphatic carbocycles. The van der Waals surface area contributed by atoms with Gasteiger partial charge in [0.2, 0.25) is 5.91 Å². The third-order valence-electron chi connectivity index (χ3n) is 4.72. The van der Waals surface area contributed by atoms with Gasteiger partial charge in [-0.15, -0.1) is 12.4 Å². The van der Waals surface area contributed by atoms with Crippen LogP contribution in [0.4, 0.5) is 5.69 Å². The van der Waals surface area contributed by atoms with E-state index in [1.54, 1.807) is 0 Å². The minimum Gasteiger partial charge on any atom is -0.493 e. The van der Waals surface area contributed by atoms with Gasteiger partial charge < -0.3 is 24.8 Å². The second-order valence-corrected chi connectivity index (χ2v) is 6.83. The van der Waals surface area contributed by atoms with E-state index in [2.05, 4.69) is 10.6 Å². The minimum absolute atomic E-state index is 0. The van der Waals surface area contributed by atoms with E-state index < -0.39 is 0 Å². The van der Waals surface area contributed by atoms with Gasteiger partial charge in [-0.2, -0.15) is 0 Å². The van der Waals surface area contributed by atoms with E-state index in [0.717, 1.165) is 49.6 Å². The van der Waals surface area contributed by atoms with E-state index in [1.807, 2.05) is 25.1 Å². The summed E-state index contributed by atoms with van der Waals surface area (Å²) in [5.41, 5.74) is 1.85. The Labute approximate surface area is 161 Å². The number of anilines is 1. The lowest BCUT2D eigenvalue weighted by molar-refractivity contribution is -0.117. The van der Waals surface area contributed by atoms with Crippen molar-refractivity contribution in [1.82, 2.24) is 5.32 Å². The second-order valence-electron chi connectivity index (χ2n) is 6.83. The normalized spacial score (nSPS) is 20.9.